The van der Waals surface area contributed by atoms with E-state index in [0.29, 0.717) is 6.61 Å². The second-order valence-corrected chi connectivity index (χ2v) is 5.72. The van der Waals surface area contributed by atoms with Crippen LogP contribution in [-0.4, -0.2) is 13.2 Å². The van der Waals surface area contributed by atoms with Crippen LogP contribution >= 0.6 is 0 Å². The number of rotatable bonds is 6. The molecule has 2 N–H and O–H groups in total. The van der Waals surface area contributed by atoms with E-state index in [9.17, 15) is 0 Å². The lowest BCUT2D eigenvalue weighted by molar-refractivity contribution is 0.0339. The third kappa shape index (κ3) is 3.80. The zero-order valence-electron chi connectivity index (χ0n) is 12.8. The van der Waals surface area contributed by atoms with Crippen LogP contribution in [0, 0.1) is 0 Å². The van der Waals surface area contributed by atoms with E-state index < -0.39 is 0 Å². The van der Waals surface area contributed by atoms with E-state index in [4.69, 9.17) is 15.2 Å². The molecule has 1 unspecified atom stereocenters. The van der Waals surface area contributed by atoms with Crippen molar-refractivity contribution in [3.8, 4) is 5.75 Å². The van der Waals surface area contributed by atoms with Crippen molar-refractivity contribution < 1.29 is 9.47 Å². The van der Waals surface area contributed by atoms with Gasteiger partial charge >= 0.3 is 0 Å². The minimum Gasteiger partial charge on any atom is -0.494 e. The topological polar surface area (TPSA) is 44.5 Å². The van der Waals surface area contributed by atoms with Crippen LogP contribution in [0.2, 0.25) is 0 Å². The van der Waals surface area contributed by atoms with Crippen LogP contribution in [0.3, 0.4) is 0 Å². The van der Waals surface area contributed by atoms with Gasteiger partial charge in [0.1, 0.15) is 5.75 Å². The standard InChI is InChI=1S/C19H23NO2/c20-16-9-11-17(12-10-16)21-13-4-14-22-19-8-3-6-15-5-1-2-7-18(15)19/h1-2,5,7,9-12,19H,3-4,6,8,13-14,20H2. The van der Waals surface area contributed by atoms with Crippen molar-refractivity contribution in [2.24, 2.45) is 0 Å². The number of benzene rings is 2. The molecule has 0 amide bonds. The number of hydrogen-bond donors (Lipinski definition) is 1. The Hall–Kier alpha value is -2.00. The molecule has 0 bridgehead atoms. The second-order valence-electron chi connectivity index (χ2n) is 5.72. The molecule has 0 aromatic heterocycles. The molecule has 22 heavy (non-hydrogen) atoms. The lowest BCUT2D eigenvalue weighted by Gasteiger charge is -2.25. The van der Waals surface area contributed by atoms with Gasteiger partial charge in [0, 0.05) is 12.1 Å². The first-order valence-corrected chi connectivity index (χ1v) is 8.01. The van der Waals surface area contributed by atoms with E-state index in [1.54, 1.807) is 0 Å². The van der Waals surface area contributed by atoms with Gasteiger partial charge in [-0.1, -0.05) is 24.3 Å². The number of nitrogens with two attached hydrogens (primary N) is 1. The Kier molecular flexibility index (Phi) is 4.96. The van der Waals surface area contributed by atoms with E-state index in [1.165, 1.54) is 24.0 Å². The minimum atomic E-state index is 0.251. The Labute approximate surface area is 132 Å². The Morgan fingerprint density at radius 2 is 1.82 bits per heavy atom. The molecule has 0 heterocycles. The Balaban J connectivity index is 1.41. The highest BCUT2D eigenvalue weighted by Gasteiger charge is 2.19. The fourth-order valence-corrected chi connectivity index (χ4v) is 2.92. The average Bonchev–Trinajstić information content (AvgIpc) is 2.56. The summed E-state index contributed by atoms with van der Waals surface area (Å²) in [6.07, 6.45) is 4.65. The molecule has 0 aliphatic heterocycles. The SMILES string of the molecule is Nc1ccc(OCCCOC2CCCc3ccccc32)cc1. The largest absolute Gasteiger partial charge is 0.494 e. The molecule has 3 rings (SSSR count). The lowest BCUT2D eigenvalue weighted by Crippen LogP contribution is -2.14. The van der Waals surface area contributed by atoms with Gasteiger partial charge in [0.2, 0.25) is 0 Å². The Morgan fingerprint density at radius 3 is 2.68 bits per heavy atom. The first-order chi connectivity index (χ1) is 10.8. The summed E-state index contributed by atoms with van der Waals surface area (Å²) in [7, 11) is 0. The van der Waals surface area contributed by atoms with Gasteiger partial charge in [-0.2, -0.15) is 0 Å². The van der Waals surface area contributed by atoms with Gasteiger partial charge in [-0.15, -0.1) is 0 Å². The summed E-state index contributed by atoms with van der Waals surface area (Å²) in [4.78, 5) is 0. The van der Waals surface area contributed by atoms with Crippen LogP contribution in [0.4, 0.5) is 5.69 Å². The summed E-state index contributed by atoms with van der Waals surface area (Å²) < 4.78 is 11.8. The summed E-state index contributed by atoms with van der Waals surface area (Å²) in [5.74, 6) is 0.859. The number of aryl methyl sites for hydroxylation is 1. The third-order valence-electron chi connectivity index (χ3n) is 4.07. The normalized spacial score (nSPS) is 17.0. The van der Waals surface area contributed by atoms with Gasteiger partial charge in [0.05, 0.1) is 19.3 Å². The highest BCUT2D eigenvalue weighted by Crippen LogP contribution is 2.32. The van der Waals surface area contributed by atoms with Crippen LogP contribution in [0.15, 0.2) is 48.5 Å². The van der Waals surface area contributed by atoms with Crippen molar-refractivity contribution in [3.05, 3.63) is 59.7 Å². The smallest absolute Gasteiger partial charge is 0.119 e. The monoisotopic (exact) mass is 297 g/mol. The third-order valence-corrected chi connectivity index (χ3v) is 4.07. The molecule has 1 aliphatic carbocycles. The molecule has 2 aromatic carbocycles. The average molecular weight is 297 g/mol. The molecule has 1 aliphatic rings. The number of hydrogen-bond acceptors (Lipinski definition) is 3. The van der Waals surface area contributed by atoms with Crippen LogP contribution in [0.1, 0.15) is 36.5 Å². The van der Waals surface area contributed by atoms with E-state index in [2.05, 4.69) is 24.3 Å². The van der Waals surface area contributed by atoms with Crippen molar-refractivity contribution >= 4 is 5.69 Å². The molecule has 3 nitrogen and oxygen atoms in total. The Morgan fingerprint density at radius 1 is 1.00 bits per heavy atom. The molecule has 116 valence electrons. The first kappa shape index (κ1) is 14.9. The first-order valence-electron chi connectivity index (χ1n) is 8.01. The van der Waals surface area contributed by atoms with Crippen molar-refractivity contribution in [3.63, 3.8) is 0 Å². The summed E-state index contributed by atoms with van der Waals surface area (Å²) >= 11 is 0. The van der Waals surface area contributed by atoms with Crippen molar-refractivity contribution in [1.29, 1.82) is 0 Å². The zero-order valence-corrected chi connectivity index (χ0v) is 12.8. The number of anilines is 1. The maximum atomic E-state index is 6.07. The number of nitrogen functional groups attached to an aromatic ring is 1. The predicted octanol–water partition coefficient (Wildman–Crippen LogP) is 4.13. The molecule has 0 saturated carbocycles. The van der Waals surface area contributed by atoms with Crippen molar-refractivity contribution in [2.75, 3.05) is 18.9 Å². The van der Waals surface area contributed by atoms with Gasteiger partial charge in [0.25, 0.3) is 0 Å². The van der Waals surface area contributed by atoms with Crippen molar-refractivity contribution in [2.45, 2.75) is 31.8 Å². The highest BCUT2D eigenvalue weighted by atomic mass is 16.5. The quantitative estimate of drug-likeness (QED) is 0.644. The van der Waals surface area contributed by atoms with E-state index in [-0.39, 0.29) is 6.10 Å². The summed E-state index contributed by atoms with van der Waals surface area (Å²) in [5, 5.41) is 0. The van der Waals surface area contributed by atoms with E-state index in [0.717, 1.165) is 30.9 Å². The molecule has 2 aromatic rings. The van der Waals surface area contributed by atoms with Gasteiger partial charge in [0.15, 0.2) is 0 Å². The van der Waals surface area contributed by atoms with E-state index >= 15 is 0 Å². The maximum Gasteiger partial charge on any atom is 0.119 e. The van der Waals surface area contributed by atoms with Crippen LogP contribution < -0.4 is 10.5 Å². The molecule has 0 spiro atoms. The van der Waals surface area contributed by atoms with Gasteiger partial charge in [-0.25, -0.2) is 0 Å². The fraction of sp³-hybridized carbons (Fsp3) is 0.368. The summed E-state index contributed by atoms with van der Waals surface area (Å²) in [6.45, 7) is 1.40. The fourth-order valence-electron chi connectivity index (χ4n) is 2.92. The van der Waals surface area contributed by atoms with Gasteiger partial charge in [-0.05, 0) is 54.7 Å². The molecule has 1 atom stereocenters. The highest BCUT2D eigenvalue weighted by molar-refractivity contribution is 5.41. The zero-order chi connectivity index (χ0) is 15.2. The number of fused-ring (bicyclic) bond motifs is 1. The van der Waals surface area contributed by atoms with E-state index in [1.807, 2.05) is 24.3 Å². The van der Waals surface area contributed by atoms with Crippen LogP contribution in [0.25, 0.3) is 0 Å². The summed E-state index contributed by atoms with van der Waals surface area (Å²) in [6, 6.07) is 16.1. The van der Waals surface area contributed by atoms with Crippen LogP contribution in [0.5, 0.6) is 5.75 Å². The minimum absolute atomic E-state index is 0.251. The molecule has 0 saturated heterocycles. The molecular weight excluding hydrogens is 274 g/mol. The Bertz CT molecular complexity index is 595. The second kappa shape index (κ2) is 7.32. The molecular formula is C19H23NO2. The molecule has 0 radical (unpaired) electrons. The number of ether oxygens (including phenoxy) is 2. The van der Waals surface area contributed by atoms with Gasteiger partial charge < -0.3 is 15.2 Å². The summed E-state index contributed by atoms with van der Waals surface area (Å²) in [5.41, 5.74) is 9.22. The maximum absolute atomic E-state index is 6.07. The van der Waals surface area contributed by atoms with Crippen molar-refractivity contribution in [1.82, 2.24) is 0 Å². The molecule has 3 heteroatoms. The lowest BCUT2D eigenvalue weighted by atomic mass is 9.89. The van der Waals surface area contributed by atoms with Crippen LogP contribution in [-0.2, 0) is 11.2 Å². The predicted molar refractivity (Wildman–Crippen MR) is 89.0 cm³/mol. The molecule has 0 fully saturated rings. The van der Waals surface area contributed by atoms with Gasteiger partial charge in [-0.3, -0.25) is 0 Å².